The van der Waals surface area contributed by atoms with Crippen LogP contribution < -0.4 is 0 Å². The molecule has 4 fully saturated rings. The highest BCUT2D eigenvalue weighted by Crippen LogP contribution is 2.85. The summed E-state index contributed by atoms with van der Waals surface area (Å²) in [5, 5.41) is 22.3. The molecule has 4 aliphatic carbocycles. The van der Waals surface area contributed by atoms with Crippen LogP contribution in [0.3, 0.4) is 0 Å². The van der Waals surface area contributed by atoms with E-state index in [1.807, 2.05) is 11.8 Å². The van der Waals surface area contributed by atoms with Gasteiger partial charge in [-0.25, -0.2) is 0 Å². The minimum absolute atomic E-state index is 0.0330. The van der Waals surface area contributed by atoms with Gasteiger partial charge in [0.2, 0.25) is 0 Å². The van der Waals surface area contributed by atoms with Crippen LogP contribution in [0.2, 0.25) is 0 Å². The molecule has 0 aromatic heterocycles. The fourth-order valence-electron chi connectivity index (χ4n) is 6.88. The van der Waals surface area contributed by atoms with E-state index in [2.05, 4.69) is 41.5 Å². The highest BCUT2D eigenvalue weighted by atomic mass is 32.2. The van der Waals surface area contributed by atoms with Gasteiger partial charge >= 0.3 is 0 Å². The van der Waals surface area contributed by atoms with Gasteiger partial charge in [-0.15, -0.1) is 11.8 Å². The van der Waals surface area contributed by atoms with Crippen LogP contribution in [0, 0.1) is 34.5 Å². The smallest absolute Gasteiger partial charge is 0.0720 e. The highest BCUT2D eigenvalue weighted by molar-refractivity contribution is 8.02. The molecule has 132 valence electrons. The first-order chi connectivity index (χ1) is 10.5. The molecule has 4 rings (SSSR count). The SMILES string of the molecule is CC1CCC2C(C)(C)C2(SC23C(O)C(C)CCC2C3(C)C)C1O. The number of hydrogen-bond acceptors (Lipinski definition) is 3. The number of hydrogen-bond donors (Lipinski definition) is 2. The number of rotatable bonds is 2. The van der Waals surface area contributed by atoms with Crippen LogP contribution in [-0.2, 0) is 0 Å². The zero-order valence-electron chi connectivity index (χ0n) is 15.6. The van der Waals surface area contributed by atoms with E-state index in [1.165, 1.54) is 12.8 Å². The van der Waals surface area contributed by atoms with Crippen LogP contribution in [0.1, 0.15) is 67.2 Å². The van der Waals surface area contributed by atoms with Gasteiger partial charge in [0.05, 0.1) is 21.7 Å². The van der Waals surface area contributed by atoms with Gasteiger partial charge < -0.3 is 10.2 Å². The molecular formula is C20H34O2S. The van der Waals surface area contributed by atoms with Crippen LogP contribution >= 0.6 is 11.8 Å². The summed E-state index contributed by atoms with van der Waals surface area (Å²) < 4.78 is -0.0660. The summed E-state index contributed by atoms with van der Waals surface area (Å²) in [5.74, 6) is 2.00. The molecule has 4 aliphatic rings. The van der Waals surface area contributed by atoms with Gasteiger partial charge in [-0.2, -0.15) is 0 Å². The maximum absolute atomic E-state index is 11.2. The Hall–Kier alpha value is 0.270. The second-order valence-corrected chi connectivity index (χ2v) is 11.8. The zero-order chi connectivity index (χ0) is 17.0. The molecule has 0 aromatic rings. The molecule has 0 bridgehead atoms. The van der Waals surface area contributed by atoms with Gasteiger partial charge in [0.1, 0.15) is 0 Å². The molecule has 8 atom stereocenters. The predicted molar refractivity (Wildman–Crippen MR) is 96.4 cm³/mol. The average Bonchev–Trinajstić information content (AvgIpc) is 3.16. The maximum Gasteiger partial charge on any atom is 0.0720 e. The van der Waals surface area contributed by atoms with E-state index in [-0.39, 0.29) is 32.5 Å². The Morgan fingerprint density at radius 1 is 0.696 bits per heavy atom. The Bertz CT molecular complexity index is 484. The molecule has 2 nitrogen and oxygen atoms in total. The summed E-state index contributed by atoms with van der Waals surface area (Å²) in [6, 6.07) is 0. The lowest BCUT2D eigenvalue weighted by Crippen LogP contribution is -2.46. The monoisotopic (exact) mass is 338 g/mol. The second-order valence-electron chi connectivity index (χ2n) is 10.2. The average molecular weight is 339 g/mol. The molecule has 0 amide bonds. The summed E-state index contributed by atoms with van der Waals surface area (Å²) >= 11 is 2.03. The van der Waals surface area contributed by atoms with Gasteiger partial charge in [-0.1, -0.05) is 41.5 Å². The molecular weight excluding hydrogens is 304 g/mol. The largest absolute Gasteiger partial charge is 0.391 e. The quantitative estimate of drug-likeness (QED) is 0.797. The van der Waals surface area contributed by atoms with Crippen LogP contribution in [0.5, 0.6) is 0 Å². The summed E-state index contributed by atoms with van der Waals surface area (Å²) in [5.41, 5.74) is 0.389. The van der Waals surface area contributed by atoms with Crippen molar-refractivity contribution in [3.63, 3.8) is 0 Å². The van der Waals surface area contributed by atoms with Crippen molar-refractivity contribution in [2.45, 2.75) is 88.9 Å². The summed E-state index contributed by atoms with van der Waals surface area (Å²) in [6.45, 7) is 13.8. The van der Waals surface area contributed by atoms with E-state index < -0.39 is 0 Å². The van der Waals surface area contributed by atoms with E-state index in [9.17, 15) is 10.2 Å². The van der Waals surface area contributed by atoms with Gasteiger partial charge in [0.15, 0.2) is 0 Å². The summed E-state index contributed by atoms with van der Waals surface area (Å²) in [7, 11) is 0. The Balaban J connectivity index is 1.72. The van der Waals surface area contributed by atoms with Crippen molar-refractivity contribution < 1.29 is 10.2 Å². The van der Waals surface area contributed by atoms with E-state index >= 15 is 0 Å². The normalized spacial score (nSPS) is 59.0. The Morgan fingerprint density at radius 3 is 1.39 bits per heavy atom. The first kappa shape index (κ1) is 16.7. The molecule has 0 spiro atoms. The zero-order valence-corrected chi connectivity index (χ0v) is 16.4. The van der Waals surface area contributed by atoms with E-state index in [0.717, 1.165) is 12.8 Å². The maximum atomic E-state index is 11.2. The lowest BCUT2D eigenvalue weighted by atomic mass is 9.87. The van der Waals surface area contributed by atoms with Crippen molar-refractivity contribution in [1.82, 2.24) is 0 Å². The number of fused-ring (bicyclic) bond motifs is 2. The van der Waals surface area contributed by atoms with Crippen molar-refractivity contribution >= 4 is 11.8 Å². The van der Waals surface area contributed by atoms with Crippen LogP contribution in [0.15, 0.2) is 0 Å². The van der Waals surface area contributed by atoms with Crippen molar-refractivity contribution in [3.05, 3.63) is 0 Å². The van der Waals surface area contributed by atoms with Gasteiger partial charge in [0, 0.05) is 0 Å². The van der Waals surface area contributed by atoms with Crippen molar-refractivity contribution in [2.24, 2.45) is 34.5 Å². The van der Waals surface area contributed by atoms with Crippen LogP contribution in [-0.4, -0.2) is 31.9 Å². The molecule has 0 radical (unpaired) electrons. The fourth-order valence-corrected chi connectivity index (χ4v) is 9.95. The summed E-state index contributed by atoms with van der Waals surface area (Å²) in [6.07, 6.45) is 4.33. The van der Waals surface area contributed by atoms with Gasteiger partial charge in [-0.3, -0.25) is 0 Å². The molecule has 0 saturated heterocycles. The van der Waals surface area contributed by atoms with Crippen molar-refractivity contribution in [1.29, 1.82) is 0 Å². The first-order valence-corrected chi connectivity index (χ1v) is 10.4. The third kappa shape index (κ3) is 1.66. The molecule has 8 unspecified atom stereocenters. The van der Waals surface area contributed by atoms with Gasteiger partial charge in [-0.05, 0) is 60.2 Å². The second kappa shape index (κ2) is 4.51. The Kier molecular flexibility index (Phi) is 3.28. The number of aliphatic hydroxyl groups excluding tert-OH is 2. The predicted octanol–water partition coefficient (Wildman–Crippen LogP) is 4.09. The summed E-state index contributed by atoms with van der Waals surface area (Å²) in [4.78, 5) is 0. The lowest BCUT2D eigenvalue weighted by Gasteiger charge is -2.42. The third-order valence-electron chi connectivity index (χ3n) is 8.74. The Labute approximate surface area is 145 Å². The first-order valence-electron chi connectivity index (χ1n) is 9.61. The molecule has 0 aromatic carbocycles. The van der Waals surface area contributed by atoms with E-state index in [4.69, 9.17) is 0 Å². The highest BCUT2D eigenvalue weighted by Gasteiger charge is 2.84. The number of thioether (sulfide) groups is 1. The van der Waals surface area contributed by atoms with Crippen molar-refractivity contribution in [2.75, 3.05) is 0 Å². The van der Waals surface area contributed by atoms with E-state index in [0.29, 0.717) is 23.7 Å². The molecule has 0 heterocycles. The minimum Gasteiger partial charge on any atom is -0.391 e. The van der Waals surface area contributed by atoms with Crippen LogP contribution in [0.4, 0.5) is 0 Å². The third-order valence-corrected chi connectivity index (χ3v) is 11.5. The van der Waals surface area contributed by atoms with E-state index in [1.54, 1.807) is 0 Å². The molecule has 0 aliphatic heterocycles. The number of aliphatic hydroxyl groups is 2. The Morgan fingerprint density at radius 2 is 1.04 bits per heavy atom. The van der Waals surface area contributed by atoms with Gasteiger partial charge in [0.25, 0.3) is 0 Å². The fraction of sp³-hybridized carbons (Fsp3) is 1.00. The van der Waals surface area contributed by atoms with Crippen molar-refractivity contribution in [3.8, 4) is 0 Å². The standard InChI is InChI=1S/C20H34O2S/c1-11-7-9-13-17(3,4)19(13,15(11)21)23-20-14(18(20,5)6)10-8-12(2)16(20)22/h11-16,21-22H,7-10H2,1-6H3. The lowest BCUT2D eigenvalue weighted by molar-refractivity contribution is 0.0645. The molecule has 23 heavy (non-hydrogen) atoms. The molecule has 4 saturated carbocycles. The molecule has 3 heteroatoms. The van der Waals surface area contributed by atoms with Crippen LogP contribution in [0.25, 0.3) is 0 Å². The topological polar surface area (TPSA) is 40.5 Å². The minimum atomic E-state index is -0.225. The molecule has 2 N–H and O–H groups in total.